The van der Waals surface area contributed by atoms with Crippen molar-refractivity contribution in [2.45, 2.75) is 5.16 Å². The molecule has 1 aromatic heterocycles. The summed E-state index contributed by atoms with van der Waals surface area (Å²) in [6.07, 6.45) is 0. The Labute approximate surface area is 145 Å². The van der Waals surface area contributed by atoms with E-state index in [4.69, 9.17) is 11.6 Å². The van der Waals surface area contributed by atoms with E-state index < -0.39 is 11.6 Å². The van der Waals surface area contributed by atoms with E-state index in [1.807, 2.05) is 12.1 Å². The maximum atomic E-state index is 14.0. The van der Waals surface area contributed by atoms with Crippen molar-refractivity contribution in [3.63, 3.8) is 0 Å². The fraction of sp³-hybridized carbons (Fsp3) is 0.0625. The molecule has 0 radical (unpaired) electrons. The molecular formula is C16H9ClF2N4S. The predicted octanol–water partition coefficient (Wildman–Crippen LogP) is 4.23. The maximum Gasteiger partial charge on any atom is 0.212 e. The van der Waals surface area contributed by atoms with Crippen LogP contribution in [0.15, 0.2) is 52.7 Å². The van der Waals surface area contributed by atoms with Crippen LogP contribution in [0.25, 0.3) is 11.4 Å². The summed E-state index contributed by atoms with van der Waals surface area (Å²) in [6, 6.07) is 10.5. The van der Waals surface area contributed by atoms with Crippen LogP contribution in [0.1, 0.15) is 5.56 Å². The molecule has 0 bridgehead atoms. The van der Waals surface area contributed by atoms with Gasteiger partial charge in [0, 0.05) is 10.8 Å². The van der Waals surface area contributed by atoms with Crippen LogP contribution < -0.4 is 0 Å². The number of aromatic nitrogens is 3. The maximum absolute atomic E-state index is 14.0. The number of rotatable bonds is 2. The van der Waals surface area contributed by atoms with E-state index in [9.17, 15) is 8.78 Å². The molecule has 0 aliphatic carbocycles. The van der Waals surface area contributed by atoms with Crippen molar-refractivity contribution in [3.05, 3.63) is 64.7 Å². The van der Waals surface area contributed by atoms with Crippen molar-refractivity contribution in [1.29, 1.82) is 0 Å². The minimum atomic E-state index is -0.578. The first-order valence-electron chi connectivity index (χ1n) is 6.99. The Bertz CT molecular complexity index is 953. The van der Waals surface area contributed by atoms with E-state index in [2.05, 4.69) is 15.3 Å². The molecule has 120 valence electrons. The van der Waals surface area contributed by atoms with E-state index in [1.165, 1.54) is 16.4 Å². The van der Waals surface area contributed by atoms with Crippen molar-refractivity contribution in [2.24, 2.45) is 5.10 Å². The summed E-state index contributed by atoms with van der Waals surface area (Å²) in [5.74, 6) is -0.356. The Morgan fingerprint density at radius 3 is 2.62 bits per heavy atom. The molecule has 0 saturated carbocycles. The Morgan fingerprint density at radius 2 is 1.83 bits per heavy atom. The summed E-state index contributed by atoms with van der Waals surface area (Å²) in [4.78, 5) is 0. The second kappa shape index (κ2) is 5.99. The molecule has 0 amide bonds. The van der Waals surface area contributed by atoms with Crippen molar-refractivity contribution in [3.8, 4) is 11.4 Å². The van der Waals surface area contributed by atoms with E-state index in [0.717, 1.165) is 29.5 Å². The highest BCUT2D eigenvalue weighted by atomic mass is 35.5. The van der Waals surface area contributed by atoms with Crippen LogP contribution in [-0.2, 0) is 0 Å². The molecule has 2 heterocycles. The predicted molar refractivity (Wildman–Crippen MR) is 89.5 cm³/mol. The third-order valence-electron chi connectivity index (χ3n) is 3.52. The van der Waals surface area contributed by atoms with Crippen LogP contribution in [-0.4, -0.2) is 26.3 Å². The monoisotopic (exact) mass is 362 g/mol. The molecule has 0 N–H and O–H groups in total. The number of hydrogen-bond acceptors (Lipinski definition) is 4. The number of benzene rings is 2. The number of hydrogen-bond donors (Lipinski definition) is 0. The fourth-order valence-electron chi connectivity index (χ4n) is 2.35. The molecule has 3 aromatic rings. The molecule has 0 saturated heterocycles. The smallest absolute Gasteiger partial charge is 0.207 e. The largest absolute Gasteiger partial charge is 0.212 e. The molecular weight excluding hydrogens is 354 g/mol. The van der Waals surface area contributed by atoms with Gasteiger partial charge in [0.2, 0.25) is 5.16 Å². The second-order valence-electron chi connectivity index (χ2n) is 5.08. The van der Waals surface area contributed by atoms with E-state index in [0.29, 0.717) is 15.9 Å². The average Bonchev–Trinajstić information content (AvgIpc) is 3.01. The molecule has 0 spiro atoms. The van der Waals surface area contributed by atoms with Gasteiger partial charge in [0.25, 0.3) is 0 Å². The van der Waals surface area contributed by atoms with Gasteiger partial charge in [-0.1, -0.05) is 35.5 Å². The first-order valence-corrected chi connectivity index (χ1v) is 8.35. The minimum absolute atomic E-state index is 0.0236. The third kappa shape index (κ3) is 2.70. The van der Waals surface area contributed by atoms with Gasteiger partial charge in [0.15, 0.2) is 5.82 Å². The van der Waals surface area contributed by atoms with Crippen LogP contribution >= 0.6 is 23.4 Å². The standard InChI is InChI=1S/C16H9ClF2N4S/c17-10-3-1-9(2-4-10)14-8-24-16-21-20-15(23(16)22-14)12-7-11(18)5-6-13(12)19/h1-7H,8H2. The van der Waals surface area contributed by atoms with Gasteiger partial charge < -0.3 is 0 Å². The van der Waals surface area contributed by atoms with E-state index in [-0.39, 0.29) is 11.4 Å². The minimum Gasteiger partial charge on any atom is -0.207 e. The van der Waals surface area contributed by atoms with Crippen molar-refractivity contribution >= 4 is 29.1 Å². The number of halogens is 3. The number of nitrogens with zero attached hydrogens (tertiary/aromatic N) is 4. The lowest BCUT2D eigenvalue weighted by molar-refractivity contribution is 0.600. The zero-order chi connectivity index (χ0) is 16.7. The third-order valence-corrected chi connectivity index (χ3v) is 4.70. The number of fused-ring (bicyclic) bond motifs is 1. The zero-order valence-electron chi connectivity index (χ0n) is 12.1. The van der Waals surface area contributed by atoms with Gasteiger partial charge in [-0.15, -0.1) is 10.2 Å². The first kappa shape index (κ1) is 15.3. The van der Waals surface area contributed by atoms with Gasteiger partial charge in [-0.3, -0.25) is 0 Å². The molecule has 0 atom stereocenters. The van der Waals surface area contributed by atoms with Gasteiger partial charge in [-0.25, -0.2) is 8.78 Å². The molecule has 2 aromatic carbocycles. The highest BCUT2D eigenvalue weighted by molar-refractivity contribution is 7.99. The van der Waals surface area contributed by atoms with Gasteiger partial charge >= 0.3 is 0 Å². The highest BCUT2D eigenvalue weighted by Gasteiger charge is 2.22. The summed E-state index contributed by atoms with van der Waals surface area (Å²) in [5, 5.41) is 13.7. The lowest BCUT2D eigenvalue weighted by Gasteiger charge is -2.14. The molecule has 8 heteroatoms. The summed E-state index contributed by atoms with van der Waals surface area (Å²) >= 11 is 7.34. The first-order chi connectivity index (χ1) is 11.6. The molecule has 4 rings (SSSR count). The molecule has 24 heavy (non-hydrogen) atoms. The average molecular weight is 363 g/mol. The number of thioether (sulfide) groups is 1. The fourth-order valence-corrected chi connectivity index (χ4v) is 3.31. The lowest BCUT2D eigenvalue weighted by Crippen LogP contribution is -2.13. The highest BCUT2D eigenvalue weighted by Crippen LogP contribution is 2.30. The van der Waals surface area contributed by atoms with Crippen LogP contribution in [0.3, 0.4) is 0 Å². The van der Waals surface area contributed by atoms with Crippen molar-refractivity contribution in [2.75, 3.05) is 5.75 Å². The van der Waals surface area contributed by atoms with Crippen LogP contribution in [0.2, 0.25) is 5.02 Å². The van der Waals surface area contributed by atoms with Gasteiger partial charge in [-0.2, -0.15) is 9.78 Å². The molecule has 0 fully saturated rings. The SMILES string of the molecule is Fc1ccc(F)c(-c2nnc3n2N=C(c2ccc(Cl)cc2)CS3)c1. The Balaban J connectivity index is 1.82. The summed E-state index contributed by atoms with van der Waals surface area (Å²) in [5.41, 5.74) is 1.70. The Hall–Kier alpha value is -2.25. The van der Waals surface area contributed by atoms with Gasteiger partial charge in [0.1, 0.15) is 11.6 Å². The van der Waals surface area contributed by atoms with E-state index in [1.54, 1.807) is 12.1 Å². The lowest BCUT2D eigenvalue weighted by atomic mass is 10.1. The Morgan fingerprint density at radius 1 is 1.04 bits per heavy atom. The van der Waals surface area contributed by atoms with Gasteiger partial charge in [-0.05, 0) is 35.9 Å². The second-order valence-corrected chi connectivity index (χ2v) is 6.46. The zero-order valence-corrected chi connectivity index (χ0v) is 13.7. The van der Waals surface area contributed by atoms with Gasteiger partial charge in [0.05, 0.1) is 11.3 Å². The van der Waals surface area contributed by atoms with Crippen LogP contribution in [0.5, 0.6) is 0 Å². The molecule has 1 aliphatic rings. The summed E-state index contributed by atoms with van der Waals surface area (Å²) < 4.78 is 29.0. The molecule has 1 aliphatic heterocycles. The van der Waals surface area contributed by atoms with Crippen molar-refractivity contribution < 1.29 is 8.78 Å². The quantitative estimate of drug-likeness (QED) is 0.685. The van der Waals surface area contributed by atoms with Crippen molar-refractivity contribution in [1.82, 2.24) is 14.9 Å². The summed E-state index contributed by atoms with van der Waals surface area (Å²) in [7, 11) is 0. The Kier molecular flexibility index (Phi) is 3.82. The summed E-state index contributed by atoms with van der Waals surface area (Å²) in [6.45, 7) is 0. The van der Waals surface area contributed by atoms with Crippen LogP contribution in [0, 0.1) is 11.6 Å². The van der Waals surface area contributed by atoms with Crippen LogP contribution in [0.4, 0.5) is 8.78 Å². The topological polar surface area (TPSA) is 43.1 Å². The normalized spacial score (nSPS) is 13.5. The molecule has 4 nitrogen and oxygen atoms in total. The molecule has 0 unspecified atom stereocenters. The van der Waals surface area contributed by atoms with E-state index >= 15 is 0 Å².